The number of imide groups is 1. The monoisotopic (exact) mass is 659 g/mol. The van der Waals surface area contributed by atoms with Crippen molar-refractivity contribution in [2.45, 2.75) is 63.6 Å². The number of aromatic nitrogens is 1. The Balaban J connectivity index is 0.988. The second-order valence-corrected chi connectivity index (χ2v) is 13.6. The quantitative estimate of drug-likeness (QED) is 0.328. The van der Waals surface area contributed by atoms with Crippen molar-refractivity contribution in [1.29, 1.82) is 0 Å². The number of hydrogen-bond donors (Lipinski definition) is 1. The van der Waals surface area contributed by atoms with E-state index in [9.17, 15) is 14.4 Å². The summed E-state index contributed by atoms with van der Waals surface area (Å²) in [6, 6.07) is 12.1. The van der Waals surface area contributed by atoms with E-state index in [2.05, 4.69) is 27.1 Å². The number of carbonyl (C=O) groups is 3. The number of ether oxygens (including phenoxy) is 3. The Kier molecular flexibility index (Phi) is 9.41. The number of fused-ring (bicyclic) bond motifs is 2. The van der Waals surface area contributed by atoms with Crippen LogP contribution in [0.1, 0.15) is 52.9 Å². The van der Waals surface area contributed by atoms with E-state index in [1.165, 1.54) is 4.90 Å². The van der Waals surface area contributed by atoms with E-state index in [0.29, 0.717) is 49.6 Å². The molecule has 5 heterocycles. The highest BCUT2D eigenvalue weighted by Gasteiger charge is 2.40. The van der Waals surface area contributed by atoms with Crippen LogP contribution in [-0.2, 0) is 38.8 Å². The molecule has 1 N–H and O–H groups in total. The minimum Gasteiger partial charge on any atom is -0.489 e. The van der Waals surface area contributed by atoms with E-state index >= 15 is 4.39 Å². The molecule has 0 spiro atoms. The Morgan fingerprint density at radius 3 is 2.65 bits per heavy atom. The number of methoxy groups -OCH3 is 1. The van der Waals surface area contributed by atoms with E-state index in [4.69, 9.17) is 14.2 Å². The van der Waals surface area contributed by atoms with Gasteiger partial charge in [-0.3, -0.25) is 24.6 Å². The van der Waals surface area contributed by atoms with Gasteiger partial charge in [0.1, 0.15) is 29.2 Å². The zero-order valence-corrected chi connectivity index (χ0v) is 27.5. The minimum atomic E-state index is -0.665. The van der Waals surface area contributed by atoms with Crippen molar-refractivity contribution in [1.82, 2.24) is 25.0 Å². The Hall–Kier alpha value is -3.97. The van der Waals surface area contributed by atoms with Gasteiger partial charge in [-0.1, -0.05) is 6.07 Å². The number of benzene rings is 2. The zero-order chi connectivity index (χ0) is 33.4. The van der Waals surface area contributed by atoms with Crippen molar-refractivity contribution in [2.24, 2.45) is 5.92 Å². The molecule has 0 bridgehead atoms. The predicted octanol–water partition coefficient (Wildman–Crippen LogP) is 3.27. The fourth-order valence-corrected chi connectivity index (χ4v) is 7.44. The summed E-state index contributed by atoms with van der Waals surface area (Å²) in [5.74, 6) is -0.582. The van der Waals surface area contributed by atoms with Crippen molar-refractivity contribution in [3.05, 3.63) is 70.7 Å². The molecule has 4 aliphatic rings. The van der Waals surface area contributed by atoms with Crippen LogP contribution in [-0.4, -0.2) is 103 Å². The van der Waals surface area contributed by atoms with Crippen LogP contribution >= 0.6 is 0 Å². The molecule has 3 fully saturated rings. The van der Waals surface area contributed by atoms with Crippen LogP contribution in [0.5, 0.6) is 5.75 Å². The number of hydrogen-bond acceptors (Lipinski definition) is 9. The van der Waals surface area contributed by atoms with Crippen molar-refractivity contribution in [2.75, 3.05) is 46.9 Å². The lowest BCUT2D eigenvalue weighted by Gasteiger charge is -2.29. The topological polar surface area (TPSA) is 114 Å². The lowest BCUT2D eigenvalue weighted by molar-refractivity contribution is -0.136. The first kappa shape index (κ1) is 32.6. The molecule has 3 amide bonds. The highest BCUT2D eigenvalue weighted by molar-refractivity contribution is 6.05. The maximum atomic E-state index is 15.4. The summed E-state index contributed by atoms with van der Waals surface area (Å²) in [6.45, 7) is 5.10. The highest BCUT2D eigenvalue weighted by atomic mass is 19.1. The molecular weight excluding hydrogens is 617 g/mol. The second-order valence-electron chi connectivity index (χ2n) is 13.6. The van der Waals surface area contributed by atoms with Crippen molar-refractivity contribution in [3.63, 3.8) is 0 Å². The van der Waals surface area contributed by atoms with Gasteiger partial charge in [0.15, 0.2) is 0 Å². The van der Waals surface area contributed by atoms with E-state index in [0.717, 1.165) is 54.7 Å². The number of piperidine rings is 2. The highest BCUT2D eigenvalue weighted by Crippen LogP contribution is 2.32. The number of halogens is 1. The van der Waals surface area contributed by atoms with E-state index in [1.54, 1.807) is 25.3 Å². The summed E-state index contributed by atoms with van der Waals surface area (Å²) in [7, 11) is 3.79. The largest absolute Gasteiger partial charge is 0.489 e. The van der Waals surface area contributed by atoms with Crippen molar-refractivity contribution >= 4 is 28.6 Å². The molecule has 0 saturated carbocycles. The smallest absolute Gasteiger partial charge is 0.255 e. The number of nitrogens with one attached hydrogen (secondary N) is 1. The van der Waals surface area contributed by atoms with Gasteiger partial charge in [0, 0.05) is 69.7 Å². The minimum absolute atomic E-state index is 0.0870. The first-order valence-corrected chi connectivity index (χ1v) is 16.8. The fraction of sp³-hybridized carbons (Fsp3) is 0.500. The zero-order valence-electron chi connectivity index (χ0n) is 27.5. The Bertz CT molecular complexity index is 1710. The van der Waals surface area contributed by atoms with Crippen LogP contribution < -0.4 is 10.1 Å². The van der Waals surface area contributed by atoms with Gasteiger partial charge in [0.2, 0.25) is 11.8 Å². The van der Waals surface area contributed by atoms with Crippen LogP contribution in [0.2, 0.25) is 0 Å². The third-order valence-electron chi connectivity index (χ3n) is 10.0. The van der Waals surface area contributed by atoms with Gasteiger partial charge in [0.05, 0.1) is 25.0 Å². The molecule has 7 rings (SSSR count). The first-order chi connectivity index (χ1) is 23.2. The van der Waals surface area contributed by atoms with E-state index in [1.807, 2.05) is 24.3 Å². The number of pyridine rings is 1. The molecule has 3 aromatic rings. The van der Waals surface area contributed by atoms with E-state index in [-0.39, 0.29) is 48.7 Å². The van der Waals surface area contributed by atoms with E-state index < -0.39 is 11.9 Å². The van der Waals surface area contributed by atoms with Crippen LogP contribution in [0.15, 0.2) is 42.5 Å². The lowest BCUT2D eigenvalue weighted by Crippen LogP contribution is -2.52. The van der Waals surface area contributed by atoms with Gasteiger partial charge in [0.25, 0.3) is 5.91 Å². The Labute approximate surface area is 279 Å². The summed E-state index contributed by atoms with van der Waals surface area (Å²) in [6.07, 6.45) is 2.55. The Morgan fingerprint density at radius 2 is 1.85 bits per heavy atom. The number of carbonyl (C=O) groups excluding carboxylic acids is 3. The molecule has 4 aliphatic heterocycles. The Morgan fingerprint density at radius 1 is 1.02 bits per heavy atom. The van der Waals surface area contributed by atoms with Crippen molar-refractivity contribution < 1.29 is 33.0 Å². The third kappa shape index (κ3) is 6.93. The standard InChI is InChI=1S/C36H42FN5O6/c1-40-11-9-27(10-12-40)47-21-26-4-3-23-13-22(14-30(37)34(23)38-26)16-41-17-25(20-46-2)32(19-41)48-28-5-6-29-24(15-28)18-42(36(29)45)31-7-8-33(43)39-35(31)44/h3-6,13-15,25,27,31-32H,7-12,16-21H2,1-2H3,(H,39,43,44)/t25-,31-,32+/m0/s1. The first-order valence-electron chi connectivity index (χ1n) is 16.8. The lowest BCUT2D eigenvalue weighted by atomic mass is 10.0. The second kappa shape index (κ2) is 13.9. The molecule has 48 heavy (non-hydrogen) atoms. The van der Waals surface area contributed by atoms with Gasteiger partial charge in [-0.25, -0.2) is 9.37 Å². The fourth-order valence-electron chi connectivity index (χ4n) is 7.44. The van der Waals surface area contributed by atoms with Gasteiger partial charge >= 0.3 is 0 Å². The molecule has 0 unspecified atom stereocenters. The average molecular weight is 660 g/mol. The molecular formula is C36H42FN5O6. The molecule has 1 aromatic heterocycles. The van der Waals surface area contributed by atoms with Crippen LogP contribution in [0.25, 0.3) is 10.9 Å². The number of amides is 3. The molecule has 3 atom stereocenters. The van der Waals surface area contributed by atoms with Gasteiger partial charge in [-0.15, -0.1) is 0 Å². The summed E-state index contributed by atoms with van der Waals surface area (Å²) >= 11 is 0. The summed E-state index contributed by atoms with van der Waals surface area (Å²) < 4.78 is 33.5. The molecule has 12 heteroatoms. The van der Waals surface area contributed by atoms with Gasteiger partial charge < -0.3 is 24.0 Å². The number of likely N-dealkylation sites (tertiary alicyclic amines) is 2. The summed E-state index contributed by atoms with van der Waals surface area (Å²) in [5, 5.41) is 3.10. The van der Waals surface area contributed by atoms with Gasteiger partial charge in [-0.2, -0.15) is 0 Å². The molecule has 3 saturated heterocycles. The number of rotatable bonds is 10. The third-order valence-corrected chi connectivity index (χ3v) is 10.0. The molecule has 11 nitrogen and oxygen atoms in total. The predicted molar refractivity (Wildman–Crippen MR) is 175 cm³/mol. The molecule has 254 valence electrons. The van der Waals surface area contributed by atoms with Crippen molar-refractivity contribution in [3.8, 4) is 5.75 Å². The average Bonchev–Trinajstić information content (AvgIpc) is 3.59. The SMILES string of the molecule is COC[C@@H]1CN(Cc2cc(F)c3nc(COC4CCN(C)CC4)ccc3c2)C[C@H]1Oc1ccc2c(c1)CN([C@H]1CCC(=O)NC1=O)C2=O. The maximum Gasteiger partial charge on any atom is 0.255 e. The molecule has 0 radical (unpaired) electrons. The molecule has 2 aromatic carbocycles. The summed E-state index contributed by atoms with van der Waals surface area (Å²) in [4.78, 5) is 47.8. The van der Waals surface area contributed by atoms with Crippen LogP contribution in [0, 0.1) is 11.7 Å². The van der Waals surface area contributed by atoms with Crippen LogP contribution in [0.4, 0.5) is 4.39 Å². The molecule has 0 aliphatic carbocycles. The van der Waals surface area contributed by atoms with Crippen LogP contribution in [0.3, 0.4) is 0 Å². The normalized spacial score (nSPS) is 24.0. The summed E-state index contributed by atoms with van der Waals surface area (Å²) in [5.41, 5.74) is 3.28. The van der Waals surface area contributed by atoms with Gasteiger partial charge in [-0.05, 0) is 73.8 Å². The maximum absolute atomic E-state index is 15.4. The number of nitrogens with zero attached hydrogens (tertiary/aromatic N) is 4.